The summed E-state index contributed by atoms with van der Waals surface area (Å²) in [4.78, 5) is 18.4. The van der Waals surface area contributed by atoms with Gasteiger partial charge in [-0.3, -0.25) is 9.78 Å². The van der Waals surface area contributed by atoms with Crippen LogP contribution in [0.3, 0.4) is 0 Å². The van der Waals surface area contributed by atoms with Gasteiger partial charge < -0.3 is 9.47 Å². The van der Waals surface area contributed by atoms with Crippen LogP contribution >= 0.6 is 0 Å². The highest BCUT2D eigenvalue weighted by Gasteiger charge is 2.23. The molecule has 1 amide bonds. The van der Waals surface area contributed by atoms with Gasteiger partial charge >= 0.3 is 0 Å². The van der Waals surface area contributed by atoms with Crippen molar-refractivity contribution in [3.63, 3.8) is 0 Å². The number of nitrogens with zero attached hydrogens (tertiary/aromatic N) is 4. The van der Waals surface area contributed by atoms with Crippen LogP contribution < -0.4 is 0 Å². The minimum Gasteiger partial charge on any atom is -0.344 e. The van der Waals surface area contributed by atoms with Gasteiger partial charge in [0.15, 0.2) is 0 Å². The van der Waals surface area contributed by atoms with Crippen molar-refractivity contribution >= 4 is 22.9 Å². The normalized spacial score (nSPS) is 20.0. The van der Waals surface area contributed by atoms with Crippen molar-refractivity contribution in [3.8, 4) is 6.07 Å². The van der Waals surface area contributed by atoms with Crippen LogP contribution in [0.15, 0.2) is 24.5 Å². The molecule has 3 heterocycles. The molecule has 0 bridgehead atoms. The molecule has 1 unspecified atom stereocenters. The lowest BCUT2D eigenvalue weighted by molar-refractivity contribution is -0.130. The first kappa shape index (κ1) is 14.9. The molecular weight excluding hydrogens is 300 g/mol. The van der Waals surface area contributed by atoms with Crippen molar-refractivity contribution in [1.29, 1.82) is 5.26 Å². The summed E-state index contributed by atoms with van der Waals surface area (Å²) in [5.74, 6) is -0.0384. The maximum atomic E-state index is 12.0. The topological polar surface area (TPSA) is 61.9 Å². The molecule has 0 saturated carbocycles. The Morgan fingerprint density at radius 1 is 1.38 bits per heavy atom. The molecule has 4 rings (SSSR count). The van der Waals surface area contributed by atoms with Gasteiger partial charge in [0.2, 0.25) is 5.91 Å². The van der Waals surface area contributed by atoms with Crippen LogP contribution in [0.4, 0.5) is 0 Å². The molecule has 0 spiro atoms. The number of hydrogen-bond acceptors (Lipinski definition) is 3. The van der Waals surface area contributed by atoms with Crippen molar-refractivity contribution in [3.05, 3.63) is 35.8 Å². The van der Waals surface area contributed by atoms with Gasteiger partial charge in [0.1, 0.15) is 6.42 Å². The smallest absolute Gasteiger partial charge is 0.236 e. The quantitative estimate of drug-likeness (QED) is 0.854. The monoisotopic (exact) mass is 320 g/mol. The molecule has 24 heavy (non-hydrogen) atoms. The molecule has 1 aliphatic carbocycles. The third-order valence-corrected chi connectivity index (χ3v) is 5.14. The summed E-state index contributed by atoms with van der Waals surface area (Å²) in [5, 5.41) is 9.92. The number of likely N-dealkylation sites (tertiary alicyclic amines) is 1. The highest BCUT2D eigenvalue weighted by molar-refractivity contribution is 5.90. The Bertz CT molecular complexity index is 858. The zero-order chi connectivity index (χ0) is 16.5. The zero-order valence-electron chi connectivity index (χ0n) is 13.6. The molecule has 0 aromatic carbocycles. The fraction of sp³-hybridized carbons (Fsp3) is 0.421. The van der Waals surface area contributed by atoms with Gasteiger partial charge in [-0.1, -0.05) is 12.2 Å². The second kappa shape index (κ2) is 6.12. The van der Waals surface area contributed by atoms with Gasteiger partial charge in [0.25, 0.3) is 0 Å². The lowest BCUT2D eigenvalue weighted by Gasteiger charge is -2.21. The number of hydrogen-bond donors (Lipinski definition) is 0. The summed E-state index contributed by atoms with van der Waals surface area (Å²) in [7, 11) is 0. The molecule has 1 fully saturated rings. The third-order valence-electron chi connectivity index (χ3n) is 5.14. The Labute approximate surface area is 141 Å². The van der Waals surface area contributed by atoms with E-state index >= 15 is 0 Å². The molecule has 5 heteroatoms. The third kappa shape index (κ3) is 2.48. The Hall–Kier alpha value is -2.61. The Morgan fingerprint density at radius 3 is 3.17 bits per heavy atom. The van der Waals surface area contributed by atoms with Gasteiger partial charge in [-0.2, -0.15) is 5.26 Å². The van der Waals surface area contributed by atoms with Crippen LogP contribution in [-0.4, -0.2) is 33.4 Å². The molecule has 5 nitrogen and oxygen atoms in total. The van der Waals surface area contributed by atoms with E-state index in [4.69, 9.17) is 5.26 Å². The maximum Gasteiger partial charge on any atom is 0.236 e. The molecule has 0 radical (unpaired) electrons. The summed E-state index contributed by atoms with van der Waals surface area (Å²) >= 11 is 0. The average Bonchev–Trinajstić information content (AvgIpc) is 3.15. The van der Waals surface area contributed by atoms with E-state index in [-0.39, 0.29) is 12.3 Å². The largest absolute Gasteiger partial charge is 0.344 e. The number of carbonyl (C=O) groups excluding carboxylic acids is 1. The predicted octanol–water partition coefficient (Wildman–Crippen LogP) is 3.07. The van der Waals surface area contributed by atoms with Crippen molar-refractivity contribution in [2.45, 2.75) is 38.1 Å². The van der Waals surface area contributed by atoms with Crippen molar-refractivity contribution < 1.29 is 4.79 Å². The van der Waals surface area contributed by atoms with E-state index in [1.807, 2.05) is 17.2 Å². The molecule has 2 aromatic heterocycles. The molecule has 1 atom stereocenters. The number of carbonyl (C=O) groups is 1. The van der Waals surface area contributed by atoms with Crippen LogP contribution in [0.1, 0.15) is 43.0 Å². The van der Waals surface area contributed by atoms with Crippen molar-refractivity contribution in [2.75, 3.05) is 13.1 Å². The molecule has 122 valence electrons. The average molecular weight is 320 g/mol. The second-order valence-electron chi connectivity index (χ2n) is 6.55. The van der Waals surface area contributed by atoms with Gasteiger partial charge in [-0.25, -0.2) is 0 Å². The first-order chi connectivity index (χ1) is 11.8. The van der Waals surface area contributed by atoms with Gasteiger partial charge in [0, 0.05) is 48.9 Å². The van der Waals surface area contributed by atoms with Crippen LogP contribution in [-0.2, 0) is 11.2 Å². The first-order valence-corrected chi connectivity index (χ1v) is 8.57. The Morgan fingerprint density at radius 2 is 2.29 bits per heavy atom. The summed E-state index contributed by atoms with van der Waals surface area (Å²) in [5.41, 5.74) is 3.68. The summed E-state index contributed by atoms with van der Waals surface area (Å²) in [6.07, 6.45) is 12.4. The SMILES string of the molecule is N#CCC(=O)N1CCCC(n2ccc3cnc4c(c32)C=CC4)CC1. The van der Waals surface area contributed by atoms with Crippen molar-refractivity contribution in [2.24, 2.45) is 0 Å². The van der Waals surface area contributed by atoms with Gasteiger partial charge in [0.05, 0.1) is 17.3 Å². The predicted molar refractivity (Wildman–Crippen MR) is 92.2 cm³/mol. The lowest BCUT2D eigenvalue weighted by Crippen LogP contribution is -2.31. The summed E-state index contributed by atoms with van der Waals surface area (Å²) in [6, 6.07) is 4.49. The first-order valence-electron chi connectivity index (χ1n) is 8.57. The number of nitriles is 1. The minimum absolute atomic E-state index is 0.0128. The number of rotatable bonds is 2. The number of allylic oxidation sites excluding steroid dienone is 1. The van der Waals surface area contributed by atoms with E-state index in [0.29, 0.717) is 6.04 Å². The van der Waals surface area contributed by atoms with Crippen LogP contribution in [0.5, 0.6) is 0 Å². The van der Waals surface area contributed by atoms with Crippen LogP contribution in [0.2, 0.25) is 0 Å². The highest BCUT2D eigenvalue weighted by atomic mass is 16.2. The Balaban J connectivity index is 1.62. The maximum absolute atomic E-state index is 12.0. The molecule has 0 N–H and O–H groups in total. The van der Waals surface area contributed by atoms with E-state index in [1.54, 1.807) is 0 Å². The number of amides is 1. The van der Waals surface area contributed by atoms with E-state index < -0.39 is 0 Å². The standard InChI is InChI=1S/C19H20N4O/c20-9-6-18(24)22-10-2-3-15(8-11-22)23-12-7-14-13-21-17-5-1-4-16(17)19(14)23/h1,4,7,12-13,15H,2-3,5-6,8,10-11H2. The van der Waals surface area contributed by atoms with Crippen molar-refractivity contribution in [1.82, 2.24) is 14.5 Å². The zero-order valence-corrected chi connectivity index (χ0v) is 13.6. The number of fused-ring (bicyclic) bond motifs is 3. The summed E-state index contributed by atoms with van der Waals surface area (Å²) in [6.45, 7) is 1.49. The van der Waals surface area contributed by atoms with E-state index in [9.17, 15) is 4.79 Å². The minimum atomic E-state index is -0.0384. The fourth-order valence-corrected chi connectivity index (χ4v) is 3.93. The molecule has 2 aromatic rings. The van der Waals surface area contributed by atoms with Gasteiger partial charge in [-0.05, 0) is 25.3 Å². The van der Waals surface area contributed by atoms with E-state index in [2.05, 4.69) is 34.0 Å². The molecule has 1 saturated heterocycles. The molecule has 2 aliphatic rings. The van der Waals surface area contributed by atoms with E-state index in [0.717, 1.165) is 44.5 Å². The summed E-state index contributed by atoms with van der Waals surface area (Å²) < 4.78 is 2.38. The highest BCUT2D eigenvalue weighted by Crippen LogP contribution is 2.33. The Kier molecular flexibility index (Phi) is 3.81. The lowest BCUT2D eigenvalue weighted by atomic mass is 10.1. The molecular formula is C19H20N4O. The molecule has 1 aliphatic heterocycles. The van der Waals surface area contributed by atoms with Crippen LogP contribution in [0, 0.1) is 11.3 Å². The number of aromatic nitrogens is 2. The second-order valence-corrected chi connectivity index (χ2v) is 6.55. The number of pyridine rings is 1. The fourth-order valence-electron chi connectivity index (χ4n) is 3.93. The van der Waals surface area contributed by atoms with Gasteiger partial charge in [-0.15, -0.1) is 0 Å². The van der Waals surface area contributed by atoms with Crippen LogP contribution in [0.25, 0.3) is 17.0 Å². The van der Waals surface area contributed by atoms with E-state index in [1.165, 1.54) is 16.5 Å².